The van der Waals surface area contributed by atoms with Gasteiger partial charge in [0.1, 0.15) is 11.6 Å². The Morgan fingerprint density at radius 1 is 1.24 bits per heavy atom. The van der Waals surface area contributed by atoms with E-state index in [1.54, 1.807) is 6.92 Å². The van der Waals surface area contributed by atoms with Crippen LogP contribution in [0, 0.1) is 5.92 Å². The summed E-state index contributed by atoms with van der Waals surface area (Å²) in [4.78, 5) is 4.10. The average molecular weight is 303 g/mol. The van der Waals surface area contributed by atoms with Gasteiger partial charge in [-0.3, -0.25) is 0 Å². The zero-order valence-electron chi connectivity index (χ0n) is 12.0. The monoisotopic (exact) mass is 303 g/mol. The van der Waals surface area contributed by atoms with Crippen LogP contribution in [0.4, 0.5) is 24.8 Å². The van der Waals surface area contributed by atoms with Crippen LogP contribution in [0.5, 0.6) is 0 Å². The van der Waals surface area contributed by atoms with Gasteiger partial charge < -0.3 is 15.4 Å². The van der Waals surface area contributed by atoms with E-state index in [1.165, 1.54) is 12.8 Å². The highest BCUT2D eigenvalue weighted by Gasteiger charge is 2.31. The van der Waals surface area contributed by atoms with Crippen LogP contribution >= 0.6 is 0 Å². The van der Waals surface area contributed by atoms with Gasteiger partial charge in [0.25, 0.3) is 0 Å². The van der Waals surface area contributed by atoms with Crippen molar-refractivity contribution >= 4 is 11.6 Å². The van der Waals surface area contributed by atoms with Crippen LogP contribution in [0.1, 0.15) is 25.3 Å². The van der Waals surface area contributed by atoms with E-state index in [-0.39, 0.29) is 11.6 Å². The SMILES string of the molecule is CCNc1cc(C(F)(F)F)cc(NCCOCC2CC2)n1. The number of anilines is 2. The minimum Gasteiger partial charge on any atom is -0.379 e. The third-order valence-corrected chi connectivity index (χ3v) is 3.11. The van der Waals surface area contributed by atoms with Crippen molar-refractivity contribution in [1.29, 1.82) is 0 Å². The van der Waals surface area contributed by atoms with Crippen molar-refractivity contribution in [3.63, 3.8) is 0 Å². The molecular formula is C14H20F3N3O. The maximum Gasteiger partial charge on any atom is 0.416 e. The summed E-state index contributed by atoms with van der Waals surface area (Å²) in [5.74, 6) is 1.10. The van der Waals surface area contributed by atoms with Crippen LogP contribution in [0.15, 0.2) is 12.1 Å². The smallest absolute Gasteiger partial charge is 0.379 e. The molecule has 1 aliphatic carbocycles. The molecule has 118 valence electrons. The molecule has 2 rings (SSSR count). The predicted molar refractivity (Wildman–Crippen MR) is 75.4 cm³/mol. The van der Waals surface area contributed by atoms with Gasteiger partial charge in [0.2, 0.25) is 0 Å². The van der Waals surface area contributed by atoms with Crippen LogP contribution in [-0.4, -0.2) is 31.3 Å². The first-order valence-corrected chi connectivity index (χ1v) is 7.14. The molecule has 0 bridgehead atoms. The molecule has 1 aromatic rings. The standard InChI is InChI=1S/C14H20F3N3O/c1-2-18-12-7-11(14(15,16)17)8-13(20-12)19-5-6-21-9-10-3-4-10/h7-8,10H,2-6,9H2,1H3,(H2,18,19,20). The maximum absolute atomic E-state index is 12.8. The van der Waals surface area contributed by atoms with Gasteiger partial charge in [-0.2, -0.15) is 13.2 Å². The highest BCUT2D eigenvalue weighted by atomic mass is 19.4. The predicted octanol–water partition coefficient (Wildman–Crippen LogP) is 3.37. The van der Waals surface area contributed by atoms with Gasteiger partial charge in [-0.1, -0.05) is 0 Å². The van der Waals surface area contributed by atoms with Gasteiger partial charge in [0, 0.05) is 19.7 Å². The highest BCUT2D eigenvalue weighted by molar-refractivity contribution is 5.49. The van der Waals surface area contributed by atoms with Gasteiger partial charge in [-0.25, -0.2) is 4.98 Å². The minimum absolute atomic E-state index is 0.204. The molecule has 0 amide bonds. The summed E-state index contributed by atoms with van der Waals surface area (Å²) in [5, 5.41) is 5.68. The molecule has 1 fully saturated rings. The molecule has 0 aliphatic heterocycles. The Labute approximate surface area is 122 Å². The van der Waals surface area contributed by atoms with E-state index in [2.05, 4.69) is 15.6 Å². The second-order valence-electron chi connectivity index (χ2n) is 5.10. The number of ether oxygens (including phenoxy) is 1. The molecule has 0 unspecified atom stereocenters. The fourth-order valence-corrected chi connectivity index (χ4v) is 1.84. The number of pyridine rings is 1. The van der Waals surface area contributed by atoms with E-state index in [0.29, 0.717) is 25.6 Å². The van der Waals surface area contributed by atoms with Crippen LogP contribution in [0.3, 0.4) is 0 Å². The second kappa shape index (κ2) is 6.98. The third-order valence-electron chi connectivity index (χ3n) is 3.11. The summed E-state index contributed by atoms with van der Waals surface area (Å²) in [6.45, 7) is 3.96. The molecule has 7 heteroatoms. The molecule has 0 aromatic carbocycles. The van der Waals surface area contributed by atoms with Crippen molar-refractivity contribution in [1.82, 2.24) is 4.98 Å². The zero-order valence-corrected chi connectivity index (χ0v) is 12.0. The number of aromatic nitrogens is 1. The Balaban J connectivity index is 1.91. The van der Waals surface area contributed by atoms with Gasteiger partial charge >= 0.3 is 6.18 Å². The molecule has 1 aromatic heterocycles. The molecule has 1 aliphatic rings. The summed E-state index contributed by atoms with van der Waals surface area (Å²) in [6.07, 6.45) is -1.95. The van der Waals surface area contributed by atoms with Crippen molar-refractivity contribution in [2.75, 3.05) is 36.9 Å². The molecule has 1 saturated carbocycles. The number of hydrogen-bond donors (Lipinski definition) is 2. The number of nitrogens with one attached hydrogen (secondary N) is 2. The Hall–Kier alpha value is -1.50. The maximum atomic E-state index is 12.8. The lowest BCUT2D eigenvalue weighted by Crippen LogP contribution is -2.14. The van der Waals surface area contributed by atoms with Crippen LogP contribution < -0.4 is 10.6 Å². The van der Waals surface area contributed by atoms with Gasteiger partial charge in [0.15, 0.2) is 0 Å². The lowest BCUT2D eigenvalue weighted by molar-refractivity contribution is -0.137. The van der Waals surface area contributed by atoms with Crippen molar-refractivity contribution in [2.45, 2.75) is 25.9 Å². The number of rotatable bonds is 8. The molecule has 0 saturated heterocycles. The minimum atomic E-state index is -4.38. The number of alkyl halides is 3. The summed E-state index contributed by atoms with van der Waals surface area (Å²) < 4.78 is 43.9. The van der Waals surface area contributed by atoms with Crippen LogP contribution in [0.2, 0.25) is 0 Å². The Morgan fingerprint density at radius 2 is 1.90 bits per heavy atom. The van der Waals surface area contributed by atoms with Gasteiger partial charge in [-0.05, 0) is 37.8 Å². The largest absolute Gasteiger partial charge is 0.416 e. The number of hydrogen-bond acceptors (Lipinski definition) is 4. The van der Waals surface area contributed by atoms with E-state index >= 15 is 0 Å². The van der Waals surface area contributed by atoms with Crippen molar-refractivity contribution < 1.29 is 17.9 Å². The first kappa shape index (κ1) is 15.9. The average Bonchev–Trinajstić information content (AvgIpc) is 3.21. The number of nitrogens with zero attached hydrogens (tertiary/aromatic N) is 1. The second-order valence-corrected chi connectivity index (χ2v) is 5.10. The Kier molecular flexibility index (Phi) is 5.27. The summed E-state index contributed by atoms with van der Waals surface area (Å²) in [6, 6.07) is 2.03. The lowest BCUT2D eigenvalue weighted by Gasteiger charge is -2.13. The number of halogens is 3. The molecule has 0 radical (unpaired) electrons. The van der Waals surface area contributed by atoms with Crippen molar-refractivity contribution in [3.05, 3.63) is 17.7 Å². The first-order valence-electron chi connectivity index (χ1n) is 7.14. The fraction of sp³-hybridized carbons (Fsp3) is 0.643. The zero-order chi connectivity index (χ0) is 15.3. The fourth-order valence-electron chi connectivity index (χ4n) is 1.84. The molecule has 0 atom stereocenters. The Bertz CT molecular complexity index is 461. The summed E-state index contributed by atoms with van der Waals surface area (Å²) in [7, 11) is 0. The van der Waals surface area contributed by atoms with Gasteiger partial charge in [-0.15, -0.1) is 0 Å². The lowest BCUT2D eigenvalue weighted by atomic mass is 10.2. The summed E-state index contributed by atoms with van der Waals surface area (Å²) >= 11 is 0. The van der Waals surface area contributed by atoms with E-state index < -0.39 is 11.7 Å². The molecule has 2 N–H and O–H groups in total. The topological polar surface area (TPSA) is 46.2 Å². The quantitative estimate of drug-likeness (QED) is 0.723. The van der Waals surface area contributed by atoms with Crippen molar-refractivity contribution in [2.24, 2.45) is 5.92 Å². The third kappa shape index (κ3) is 5.41. The molecule has 1 heterocycles. The van der Waals surface area contributed by atoms with E-state index in [9.17, 15) is 13.2 Å². The van der Waals surface area contributed by atoms with E-state index in [4.69, 9.17) is 4.74 Å². The summed E-state index contributed by atoms with van der Waals surface area (Å²) in [5.41, 5.74) is -0.713. The van der Waals surface area contributed by atoms with Crippen LogP contribution in [0.25, 0.3) is 0 Å². The first-order chi connectivity index (χ1) is 9.99. The van der Waals surface area contributed by atoms with Gasteiger partial charge in [0.05, 0.1) is 12.2 Å². The Morgan fingerprint density at radius 3 is 2.48 bits per heavy atom. The molecular weight excluding hydrogens is 283 g/mol. The highest BCUT2D eigenvalue weighted by Crippen LogP contribution is 2.32. The molecule has 4 nitrogen and oxygen atoms in total. The van der Waals surface area contributed by atoms with Crippen LogP contribution in [-0.2, 0) is 10.9 Å². The van der Waals surface area contributed by atoms with E-state index in [1.807, 2.05) is 0 Å². The molecule has 0 spiro atoms. The normalized spacial score (nSPS) is 15.0. The van der Waals surface area contributed by atoms with E-state index in [0.717, 1.165) is 18.7 Å². The molecule has 21 heavy (non-hydrogen) atoms. The van der Waals surface area contributed by atoms with Crippen molar-refractivity contribution in [3.8, 4) is 0 Å².